The molecule has 7 heteroatoms. The third kappa shape index (κ3) is 1.50. The standard InChI is InChI=1S/C9H6ClNO4S/c1-4-6(16(10,14)15)3-2-5-7(4)11-9(13)8(5)12/h2-3H,1H3,(H,11,12,13). The van der Waals surface area contributed by atoms with E-state index in [-0.39, 0.29) is 21.7 Å². The molecule has 0 unspecified atom stereocenters. The summed E-state index contributed by atoms with van der Waals surface area (Å²) in [5.41, 5.74) is 0.662. The number of benzene rings is 1. The molecule has 0 radical (unpaired) electrons. The summed E-state index contributed by atoms with van der Waals surface area (Å²) in [4.78, 5) is 22.3. The van der Waals surface area contributed by atoms with Crippen LogP contribution in [0.2, 0.25) is 0 Å². The summed E-state index contributed by atoms with van der Waals surface area (Å²) >= 11 is 0. The predicted molar refractivity (Wildman–Crippen MR) is 57.2 cm³/mol. The second kappa shape index (κ2) is 3.29. The van der Waals surface area contributed by atoms with Crippen LogP contribution in [0.25, 0.3) is 0 Å². The molecule has 1 aromatic rings. The van der Waals surface area contributed by atoms with Gasteiger partial charge in [-0.3, -0.25) is 9.59 Å². The van der Waals surface area contributed by atoms with Crippen LogP contribution in [0.15, 0.2) is 17.0 Å². The first-order chi connectivity index (χ1) is 7.32. The van der Waals surface area contributed by atoms with E-state index in [9.17, 15) is 18.0 Å². The van der Waals surface area contributed by atoms with Crippen LogP contribution in [0.3, 0.4) is 0 Å². The molecule has 1 heterocycles. The number of Topliss-reactive ketones (excluding diaryl/α,β-unsaturated/α-hetero) is 1. The molecule has 1 aromatic carbocycles. The maximum absolute atomic E-state index is 11.3. The number of hydrogen-bond acceptors (Lipinski definition) is 4. The molecule has 0 fully saturated rings. The fourth-order valence-electron chi connectivity index (χ4n) is 1.60. The van der Waals surface area contributed by atoms with E-state index >= 15 is 0 Å². The Balaban J connectivity index is 2.74. The van der Waals surface area contributed by atoms with Gasteiger partial charge in [-0.25, -0.2) is 8.42 Å². The molecular formula is C9H6ClNO4S. The number of carbonyl (C=O) groups is 2. The van der Waals surface area contributed by atoms with Crippen molar-refractivity contribution in [2.45, 2.75) is 11.8 Å². The molecule has 1 amide bonds. The Kier molecular flexibility index (Phi) is 2.28. The highest BCUT2D eigenvalue weighted by atomic mass is 35.7. The van der Waals surface area contributed by atoms with Crippen molar-refractivity contribution in [2.24, 2.45) is 0 Å². The number of rotatable bonds is 1. The number of anilines is 1. The lowest BCUT2D eigenvalue weighted by atomic mass is 10.1. The Morgan fingerprint density at radius 2 is 1.88 bits per heavy atom. The molecule has 0 bridgehead atoms. The van der Waals surface area contributed by atoms with Crippen LogP contribution >= 0.6 is 10.7 Å². The van der Waals surface area contributed by atoms with Crippen molar-refractivity contribution >= 4 is 37.1 Å². The smallest absolute Gasteiger partial charge is 0.296 e. The third-order valence-corrected chi connectivity index (χ3v) is 3.83. The monoisotopic (exact) mass is 259 g/mol. The van der Waals surface area contributed by atoms with Gasteiger partial charge in [0.05, 0.1) is 16.1 Å². The summed E-state index contributed by atoms with van der Waals surface area (Å²) in [6.45, 7) is 1.48. The molecule has 0 aromatic heterocycles. The van der Waals surface area contributed by atoms with E-state index in [4.69, 9.17) is 10.7 Å². The van der Waals surface area contributed by atoms with Gasteiger partial charge in [0.1, 0.15) is 0 Å². The Hall–Kier alpha value is -1.40. The zero-order valence-corrected chi connectivity index (χ0v) is 9.65. The van der Waals surface area contributed by atoms with E-state index in [1.54, 1.807) is 0 Å². The molecule has 5 nitrogen and oxygen atoms in total. The van der Waals surface area contributed by atoms with Gasteiger partial charge in [-0.1, -0.05) is 0 Å². The van der Waals surface area contributed by atoms with Gasteiger partial charge in [0, 0.05) is 10.7 Å². The summed E-state index contributed by atoms with van der Waals surface area (Å²) < 4.78 is 22.4. The van der Waals surface area contributed by atoms with E-state index in [0.717, 1.165) is 0 Å². The van der Waals surface area contributed by atoms with Gasteiger partial charge in [0.15, 0.2) is 0 Å². The molecule has 0 spiro atoms. The van der Waals surface area contributed by atoms with Crippen LogP contribution in [0.5, 0.6) is 0 Å². The number of nitrogens with one attached hydrogen (secondary N) is 1. The fraction of sp³-hybridized carbons (Fsp3) is 0.111. The summed E-state index contributed by atoms with van der Waals surface area (Å²) in [6, 6.07) is 2.49. The minimum Gasteiger partial charge on any atom is -0.318 e. The SMILES string of the molecule is Cc1c(S(=O)(=O)Cl)ccc2c1NC(=O)C2=O. The molecule has 0 saturated carbocycles. The summed E-state index contributed by atoms with van der Waals surface area (Å²) in [6.07, 6.45) is 0. The quantitative estimate of drug-likeness (QED) is 0.604. The van der Waals surface area contributed by atoms with E-state index in [1.165, 1.54) is 19.1 Å². The number of ketones is 1. The van der Waals surface area contributed by atoms with Crippen LogP contribution < -0.4 is 5.32 Å². The summed E-state index contributed by atoms with van der Waals surface area (Å²) in [7, 11) is 1.33. The van der Waals surface area contributed by atoms with E-state index < -0.39 is 20.7 Å². The average molecular weight is 260 g/mol. The van der Waals surface area contributed by atoms with Crippen LogP contribution in [0.1, 0.15) is 15.9 Å². The largest absolute Gasteiger partial charge is 0.318 e. The number of hydrogen-bond donors (Lipinski definition) is 1. The van der Waals surface area contributed by atoms with Crippen molar-refractivity contribution in [2.75, 3.05) is 5.32 Å². The van der Waals surface area contributed by atoms with Gasteiger partial charge in [-0.15, -0.1) is 0 Å². The first-order valence-electron chi connectivity index (χ1n) is 4.26. The highest BCUT2D eigenvalue weighted by molar-refractivity contribution is 8.13. The Morgan fingerprint density at radius 1 is 1.25 bits per heavy atom. The van der Waals surface area contributed by atoms with Crippen LogP contribution in [-0.2, 0) is 13.8 Å². The zero-order valence-electron chi connectivity index (χ0n) is 8.07. The Morgan fingerprint density at radius 3 is 2.44 bits per heavy atom. The van der Waals surface area contributed by atoms with E-state index in [0.29, 0.717) is 0 Å². The minimum atomic E-state index is -3.88. The Bertz CT molecular complexity index is 621. The highest BCUT2D eigenvalue weighted by Gasteiger charge is 2.31. The van der Waals surface area contributed by atoms with E-state index in [1.807, 2.05) is 0 Å². The first kappa shape index (κ1) is 11.1. The highest BCUT2D eigenvalue weighted by Crippen LogP contribution is 2.32. The van der Waals surface area contributed by atoms with Crippen molar-refractivity contribution in [3.63, 3.8) is 0 Å². The molecule has 0 atom stereocenters. The van der Waals surface area contributed by atoms with Crippen LogP contribution in [-0.4, -0.2) is 20.1 Å². The van der Waals surface area contributed by atoms with Crippen molar-refractivity contribution in [1.29, 1.82) is 0 Å². The minimum absolute atomic E-state index is 0.108. The number of amides is 1. The topological polar surface area (TPSA) is 80.3 Å². The maximum atomic E-state index is 11.3. The molecule has 1 N–H and O–H groups in total. The maximum Gasteiger partial charge on any atom is 0.296 e. The van der Waals surface area contributed by atoms with Gasteiger partial charge in [0.25, 0.3) is 20.7 Å². The van der Waals surface area contributed by atoms with Crippen molar-refractivity contribution in [1.82, 2.24) is 0 Å². The number of fused-ring (bicyclic) bond motifs is 1. The average Bonchev–Trinajstić information content (AvgIpc) is 2.44. The van der Waals surface area contributed by atoms with E-state index in [2.05, 4.69) is 5.32 Å². The molecule has 1 aliphatic heterocycles. The number of carbonyl (C=O) groups excluding carboxylic acids is 2. The number of halogens is 1. The summed E-state index contributed by atoms with van der Waals surface area (Å²) in [5.74, 6) is -1.43. The van der Waals surface area contributed by atoms with Crippen molar-refractivity contribution in [3.05, 3.63) is 23.3 Å². The molecule has 16 heavy (non-hydrogen) atoms. The lowest BCUT2D eigenvalue weighted by molar-refractivity contribution is -0.112. The second-order valence-corrected chi connectivity index (χ2v) is 5.87. The molecule has 0 saturated heterocycles. The van der Waals surface area contributed by atoms with Crippen LogP contribution in [0, 0.1) is 6.92 Å². The fourth-order valence-corrected chi connectivity index (χ4v) is 2.80. The van der Waals surface area contributed by atoms with Gasteiger partial charge in [-0.2, -0.15) is 0 Å². The lowest BCUT2D eigenvalue weighted by Gasteiger charge is -2.06. The summed E-state index contributed by atoms with van der Waals surface area (Å²) in [5, 5.41) is 2.32. The molecule has 1 aliphatic rings. The normalized spacial score (nSPS) is 14.9. The molecular weight excluding hydrogens is 254 g/mol. The van der Waals surface area contributed by atoms with Crippen LogP contribution in [0.4, 0.5) is 5.69 Å². The Labute approximate surface area is 95.8 Å². The third-order valence-electron chi connectivity index (χ3n) is 2.37. The van der Waals surface area contributed by atoms with Gasteiger partial charge in [0.2, 0.25) is 0 Å². The second-order valence-electron chi connectivity index (χ2n) is 3.33. The van der Waals surface area contributed by atoms with Gasteiger partial charge < -0.3 is 5.32 Å². The zero-order chi connectivity index (χ0) is 12.1. The molecule has 2 rings (SSSR count). The first-order valence-corrected chi connectivity index (χ1v) is 6.57. The lowest BCUT2D eigenvalue weighted by Crippen LogP contribution is -2.12. The molecule has 0 aliphatic carbocycles. The molecule has 84 valence electrons. The van der Waals surface area contributed by atoms with Crippen molar-refractivity contribution < 1.29 is 18.0 Å². The van der Waals surface area contributed by atoms with Crippen molar-refractivity contribution in [3.8, 4) is 0 Å². The predicted octanol–water partition coefficient (Wildman–Crippen LogP) is 1.06. The van der Waals surface area contributed by atoms with Gasteiger partial charge in [-0.05, 0) is 24.6 Å². The van der Waals surface area contributed by atoms with Gasteiger partial charge >= 0.3 is 0 Å².